The number of ether oxygens (including phenoxy) is 1. The Bertz CT molecular complexity index is 784. The zero-order chi connectivity index (χ0) is 16.5. The highest BCUT2D eigenvalue weighted by Crippen LogP contribution is 2.31. The van der Waals surface area contributed by atoms with Crippen LogP contribution in [0.1, 0.15) is 18.9 Å². The number of hydrogen-bond donors (Lipinski definition) is 1. The number of benzene rings is 1. The van der Waals surface area contributed by atoms with Crippen LogP contribution in [0.15, 0.2) is 41.9 Å². The normalized spacial score (nSPS) is 18.7. The van der Waals surface area contributed by atoms with E-state index in [2.05, 4.69) is 15.3 Å². The predicted molar refractivity (Wildman–Crippen MR) is 89.0 cm³/mol. The average molecular weight is 325 g/mol. The number of amides is 1. The molecule has 1 fully saturated rings. The van der Waals surface area contributed by atoms with E-state index in [-0.39, 0.29) is 11.9 Å². The fourth-order valence-electron chi connectivity index (χ4n) is 2.96. The largest absolute Gasteiger partial charge is 0.494 e. The van der Waals surface area contributed by atoms with E-state index in [1.807, 2.05) is 40.8 Å². The molecule has 1 unspecified atom stereocenters. The van der Waals surface area contributed by atoms with Crippen LogP contribution in [0, 0.1) is 0 Å². The number of hydrogen-bond acceptors (Lipinski definition) is 5. The van der Waals surface area contributed by atoms with Crippen molar-refractivity contribution in [2.75, 3.05) is 6.61 Å². The first kappa shape index (κ1) is 14.7. The number of fused-ring (bicyclic) bond motifs is 2. The van der Waals surface area contributed by atoms with Gasteiger partial charge in [-0.05, 0) is 31.5 Å². The first-order valence-electron chi connectivity index (χ1n) is 8.08. The molecule has 4 rings (SSSR count). The lowest BCUT2D eigenvalue weighted by molar-refractivity contribution is -0.121. The molecular formula is C17H19N5O2. The maximum absolute atomic E-state index is 11.8. The van der Waals surface area contributed by atoms with E-state index in [9.17, 15) is 4.79 Å². The van der Waals surface area contributed by atoms with E-state index in [1.165, 1.54) is 0 Å². The van der Waals surface area contributed by atoms with Crippen LogP contribution >= 0.6 is 0 Å². The number of guanidine groups is 1. The van der Waals surface area contributed by atoms with Gasteiger partial charge in [0.25, 0.3) is 0 Å². The summed E-state index contributed by atoms with van der Waals surface area (Å²) >= 11 is 0. The first-order valence-corrected chi connectivity index (χ1v) is 8.08. The Hall–Kier alpha value is -2.83. The molecule has 0 radical (unpaired) electrons. The van der Waals surface area contributed by atoms with Gasteiger partial charge in [0, 0.05) is 31.0 Å². The van der Waals surface area contributed by atoms with Gasteiger partial charge in [0.2, 0.25) is 11.9 Å². The molecule has 124 valence electrons. The Balaban J connectivity index is 1.39. The number of carbonyl (C=O) groups is 1. The van der Waals surface area contributed by atoms with Gasteiger partial charge in [-0.15, -0.1) is 0 Å². The van der Waals surface area contributed by atoms with Crippen molar-refractivity contribution in [3.8, 4) is 5.75 Å². The molecule has 1 N–H and O–H groups in total. The minimum atomic E-state index is -0.184. The number of nitrogens with one attached hydrogen (secondary N) is 1. The Labute approximate surface area is 140 Å². The lowest BCUT2D eigenvalue weighted by Crippen LogP contribution is -2.35. The Kier molecular flexibility index (Phi) is 3.68. The number of nitrogens with zero attached hydrogens (tertiary/aromatic N) is 4. The quantitative estimate of drug-likeness (QED) is 0.849. The van der Waals surface area contributed by atoms with Gasteiger partial charge in [0.15, 0.2) is 0 Å². The predicted octanol–water partition coefficient (Wildman–Crippen LogP) is 1.67. The molecule has 0 saturated carbocycles. The van der Waals surface area contributed by atoms with Crippen molar-refractivity contribution in [2.24, 2.45) is 4.99 Å². The molecule has 0 spiro atoms. The van der Waals surface area contributed by atoms with Crippen molar-refractivity contribution < 1.29 is 9.53 Å². The molecule has 2 aromatic rings. The standard InChI is InChI=1S/C17H19N5O2/c1-12-16(23)20-17-19-15-4-3-14(9-13(15)10-22(12)17)24-8-2-6-21-7-5-18-11-21/h3-5,7,9,11-12H,2,6,8,10H2,1H3,(H,19,20,23). The Morgan fingerprint density at radius 1 is 1.42 bits per heavy atom. The summed E-state index contributed by atoms with van der Waals surface area (Å²) in [6, 6.07) is 5.70. The number of imidazole rings is 1. The van der Waals surface area contributed by atoms with Crippen LogP contribution in [0.5, 0.6) is 5.75 Å². The number of aliphatic imine (C=N–C) groups is 1. The highest BCUT2D eigenvalue weighted by Gasteiger charge is 2.35. The lowest BCUT2D eigenvalue weighted by atomic mass is 10.1. The van der Waals surface area contributed by atoms with Crippen LogP contribution in [0.3, 0.4) is 0 Å². The smallest absolute Gasteiger partial charge is 0.249 e. The third kappa shape index (κ3) is 2.73. The van der Waals surface area contributed by atoms with Crippen molar-refractivity contribution in [1.82, 2.24) is 19.8 Å². The minimum absolute atomic E-state index is 0.00229. The number of aryl methyl sites for hydroxylation is 1. The molecular weight excluding hydrogens is 306 g/mol. The van der Waals surface area contributed by atoms with Gasteiger partial charge in [0.05, 0.1) is 18.6 Å². The summed E-state index contributed by atoms with van der Waals surface area (Å²) in [6.07, 6.45) is 6.44. The van der Waals surface area contributed by atoms with E-state index in [4.69, 9.17) is 4.74 Å². The lowest BCUT2D eigenvalue weighted by Gasteiger charge is -2.26. The third-order valence-corrected chi connectivity index (χ3v) is 4.36. The fourth-order valence-corrected chi connectivity index (χ4v) is 2.96. The van der Waals surface area contributed by atoms with E-state index in [0.29, 0.717) is 19.1 Å². The van der Waals surface area contributed by atoms with Crippen LogP contribution < -0.4 is 10.1 Å². The average Bonchev–Trinajstić information content (AvgIpc) is 3.19. The van der Waals surface area contributed by atoms with Gasteiger partial charge < -0.3 is 14.2 Å². The molecule has 7 nitrogen and oxygen atoms in total. The maximum Gasteiger partial charge on any atom is 0.249 e. The summed E-state index contributed by atoms with van der Waals surface area (Å²) in [5.74, 6) is 1.48. The van der Waals surface area contributed by atoms with Gasteiger partial charge in [-0.25, -0.2) is 9.98 Å². The molecule has 3 heterocycles. The molecule has 1 amide bonds. The van der Waals surface area contributed by atoms with Crippen molar-refractivity contribution in [2.45, 2.75) is 32.5 Å². The van der Waals surface area contributed by atoms with Gasteiger partial charge in [0.1, 0.15) is 11.8 Å². The zero-order valence-electron chi connectivity index (χ0n) is 13.5. The van der Waals surface area contributed by atoms with Gasteiger partial charge in [-0.3, -0.25) is 10.1 Å². The van der Waals surface area contributed by atoms with Gasteiger partial charge in [-0.2, -0.15) is 0 Å². The van der Waals surface area contributed by atoms with E-state index in [0.717, 1.165) is 30.0 Å². The fraction of sp³-hybridized carbons (Fsp3) is 0.353. The van der Waals surface area contributed by atoms with E-state index >= 15 is 0 Å². The summed E-state index contributed by atoms with van der Waals surface area (Å²) in [7, 11) is 0. The van der Waals surface area contributed by atoms with Gasteiger partial charge >= 0.3 is 0 Å². The SMILES string of the molecule is CC1C(=O)NC2=Nc3ccc(OCCCn4ccnc4)cc3CN21. The van der Waals surface area contributed by atoms with E-state index < -0.39 is 0 Å². The highest BCUT2D eigenvalue weighted by molar-refractivity contribution is 6.07. The molecule has 1 aromatic carbocycles. The second-order valence-corrected chi connectivity index (χ2v) is 6.02. The van der Waals surface area contributed by atoms with Crippen LogP contribution in [0.2, 0.25) is 0 Å². The second kappa shape index (κ2) is 5.99. The minimum Gasteiger partial charge on any atom is -0.494 e. The topological polar surface area (TPSA) is 71.7 Å². The summed E-state index contributed by atoms with van der Waals surface area (Å²) in [6.45, 7) is 4.09. The van der Waals surface area contributed by atoms with Crippen LogP contribution in [-0.2, 0) is 17.9 Å². The zero-order valence-corrected chi connectivity index (χ0v) is 13.5. The third-order valence-electron chi connectivity index (χ3n) is 4.36. The Morgan fingerprint density at radius 2 is 2.33 bits per heavy atom. The van der Waals surface area contributed by atoms with E-state index in [1.54, 1.807) is 12.5 Å². The molecule has 24 heavy (non-hydrogen) atoms. The summed E-state index contributed by atoms with van der Waals surface area (Å²) < 4.78 is 7.88. The molecule has 1 atom stereocenters. The van der Waals surface area contributed by atoms with Crippen molar-refractivity contribution in [3.63, 3.8) is 0 Å². The molecule has 7 heteroatoms. The van der Waals surface area contributed by atoms with Gasteiger partial charge in [-0.1, -0.05) is 0 Å². The first-order chi connectivity index (χ1) is 11.7. The molecule has 0 aliphatic carbocycles. The molecule has 0 bridgehead atoms. The second-order valence-electron chi connectivity index (χ2n) is 6.02. The van der Waals surface area contributed by atoms with Crippen LogP contribution in [-0.4, -0.2) is 39.0 Å². The van der Waals surface area contributed by atoms with Crippen molar-refractivity contribution >= 4 is 17.6 Å². The molecule has 1 saturated heterocycles. The monoisotopic (exact) mass is 325 g/mol. The summed E-state index contributed by atoms with van der Waals surface area (Å²) in [4.78, 5) is 22.3. The van der Waals surface area contributed by atoms with Crippen LogP contribution in [0.25, 0.3) is 0 Å². The number of rotatable bonds is 5. The maximum atomic E-state index is 11.8. The summed E-state index contributed by atoms with van der Waals surface area (Å²) in [5.41, 5.74) is 1.97. The van der Waals surface area contributed by atoms with Crippen molar-refractivity contribution in [3.05, 3.63) is 42.5 Å². The number of carbonyl (C=O) groups excluding carboxylic acids is 1. The molecule has 2 aliphatic rings. The summed E-state index contributed by atoms with van der Waals surface area (Å²) in [5, 5.41) is 2.81. The van der Waals surface area contributed by atoms with Crippen molar-refractivity contribution in [1.29, 1.82) is 0 Å². The van der Waals surface area contributed by atoms with Crippen LogP contribution in [0.4, 0.5) is 5.69 Å². The molecule has 1 aromatic heterocycles. The molecule has 2 aliphatic heterocycles. The number of aromatic nitrogens is 2. The Morgan fingerprint density at radius 3 is 3.17 bits per heavy atom. The highest BCUT2D eigenvalue weighted by atomic mass is 16.5.